The molecule has 0 aliphatic heterocycles. The van der Waals surface area contributed by atoms with Crippen molar-refractivity contribution >= 4 is 17.9 Å². The van der Waals surface area contributed by atoms with Gasteiger partial charge in [0.15, 0.2) is 6.10 Å². The van der Waals surface area contributed by atoms with E-state index in [2.05, 4.69) is 34.6 Å². The highest BCUT2D eigenvalue weighted by Crippen LogP contribution is 2.18. The maximum absolute atomic E-state index is 12.8. The second-order valence-corrected chi connectivity index (χ2v) is 20.5. The fourth-order valence-electron chi connectivity index (χ4n) is 8.70. The zero-order chi connectivity index (χ0) is 46.1. The Balaban J connectivity index is 4.21. The third-order valence-corrected chi connectivity index (χ3v) is 13.0. The van der Waals surface area contributed by atoms with Gasteiger partial charge in [0, 0.05) is 19.3 Å². The maximum Gasteiger partial charge on any atom is 0.306 e. The smallest absolute Gasteiger partial charge is 0.306 e. The Hall–Kier alpha value is -1.59. The highest BCUT2D eigenvalue weighted by atomic mass is 16.6. The highest BCUT2D eigenvalue weighted by molar-refractivity contribution is 5.71. The average Bonchev–Trinajstić information content (AvgIpc) is 3.25. The lowest BCUT2D eigenvalue weighted by Gasteiger charge is -2.18. The Morgan fingerprint density at radius 1 is 0.302 bits per heavy atom. The van der Waals surface area contributed by atoms with Gasteiger partial charge in [0.1, 0.15) is 13.2 Å². The summed E-state index contributed by atoms with van der Waals surface area (Å²) in [6.45, 7) is 11.3. The van der Waals surface area contributed by atoms with Crippen molar-refractivity contribution in [2.24, 2.45) is 11.8 Å². The fraction of sp³-hybridized carbons (Fsp3) is 0.947. The van der Waals surface area contributed by atoms with Crippen LogP contribution in [-0.4, -0.2) is 37.2 Å². The standard InChI is InChI=1S/C57H110O6/c1-6-7-8-9-10-11-12-13-14-15-16-17-18-22-25-28-31-37-42-47-55(58)61-50-54(51-62-56(59)48-43-38-34-33-36-41-46-53(4)5)63-57(60)49-44-39-32-29-26-23-20-19-21-24-27-30-35-40-45-52(2)3/h52-54H,6-51H2,1-5H3/t54-/m1/s1. The summed E-state index contributed by atoms with van der Waals surface area (Å²) in [6.07, 6.45) is 52.6. The van der Waals surface area contributed by atoms with Crippen LogP contribution in [0.15, 0.2) is 0 Å². The first-order chi connectivity index (χ1) is 30.7. The van der Waals surface area contributed by atoms with Crippen molar-refractivity contribution in [1.29, 1.82) is 0 Å². The summed E-state index contributed by atoms with van der Waals surface area (Å²) >= 11 is 0. The minimum absolute atomic E-state index is 0.0638. The van der Waals surface area contributed by atoms with E-state index in [1.54, 1.807) is 0 Å². The Kier molecular flexibility index (Phi) is 48.6. The number of hydrogen-bond acceptors (Lipinski definition) is 6. The van der Waals surface area contributed by atoms with E-state index in [9.17, 15) is 14.4 Å². The number of unbranched alkanes of at least 4 members (excludes halogenated alkanes) is 36. The summed E-state index contributed by atoms with van der Waals surface area (Å²) in [7, 11) is 0. The van der Waals surface area contributed by atoms with Gasteiger partial charge in [-0.3, -0.25) is 14.4 Å². The molecule has 0 spiro atoms. The predicted molar refractivity (Wildman–Crippen MR) is 270 cm³/mol. The topological polar surface area (TPSA) is 78.9 Å². The quantitative estimate of drug-likeness (QED) is 0.0344. The van der Waals surface area contributed by atoms with Crippen LogP contribution in [0.25, 0.3) is 0 Å². The molecule has 0 aromatic carbocycles. The number of rotatable bonds is 51. The Morgan fingerprint density at radius 3 is 0.778 bits per heavy atom. The Morgan fingerprint density at radius 2 is 0.524 bits per heavy atom. The van der Waals surface area contributed by atoms with Crippen LogP contribution in [0.1, 0.15) is 317 Å². The summed E-state index contributed by atoms with van der Waals surface area (Å²) in [4.78, 5) is 38.0. The molecule has 1 atom stereocenters. The summed E-state index contributed by atoms with van der Waals surface area (Å²) in [6, 6.07) is 0. The molecule has 0 aromatic rings. The number of carbonyl (C=O) groups is 3. The average molecular weight is 892 g/mol. The summed E-state index contributed by atoms with van der Waals surface area (Å²) in [5.41, 5.74) is 0. The maximum atomic E-state index is 12.8. The van der Waals surface area contributed by atoms with Crippen molar-refractivity contribution in [3.63, 3.8) is 0 Å². The molecule has 0 heterocycles. The van der Waals surface area contributed by atoms with Crippen molar-refractivity contribution < 1.29 is 28.6 Å². The third kappa shape index (κ3) is 51.3. The van der Waals surface area contributed by atoms with Gasteiger partial charge in [0.2, 0.25) is 0 Å². The monoisotopic (exact) mass is 891 g/mol. The largest absolute Gasteiger partial charge is 0.462 e. The molecule has 0 unspecified atom stereocenters. The van der Waals surface area contributed by atoms with Gasteiger partial charge < -0.3 is 14.2 Å². The van der Waals surface area contributed by atoms with E-state index in [1.165, 1.54) is 205 Å². The van der Waals surface area contributed by atoms with Crippen LogP contribution in [-0.2, 0) is 28.6 Å². The van der Waals surface area contributed by atoms with Crippen LogP contribution in [0.5, 0.6) is 0 Å². The van der Waals surface area contributed by atoms with Crippen LogP contribution in [0.3, 0.4) is 0 Å². The van der Waals surface area contributed by atoms with E-state index in [4.69, 9.17) is 14.2 Å². The molecule has 0 N–H and O–H groups in total. The van der Waals surface area contributed by atoms with Gasteiger partial charge in [-0.1, -0.05) is 279 Å². The molecule has 0 aliphatic carbocycles. The van der Waals surface area contributed by atoms with Crippen LogP contribution >= 0.6 is 0 Å². The Labute approximate surface area is 393 Å². The lowest BCUT2D eigenvalue weighted by Crippen LogP contribution is -2.30. The number of ether oxygens (including phenoxy) is 3. The minimum atomic E-state index is -0.763. The van der Waals surface area contributed by atoms with Gasteiger partial charge in [-0.25, -0.2) is 0 Å². The highest BCUT2D eigenvalue weighted by Gasteiger charge is 2.19. The van der Waals surface area contributed by atoms with Gasteiger partial charge in [0.25, 0.3) is 0 Å². The molecule has 0 aliphatic rings. The summed E-state index contributed by atoms with van der Waals surface area (Å²) in [5.74, 6) is 0.759. The van der Waals surface area contributed by atoms with E-state index >= 15 is 0 Å². The number of esters is 3. The third-order valence-electron chi connectivity index (χ3n) is 13.0. The molecule has 374 valence electrons. The second kappa shape index (κ2) is 49.8. The summed E-state index contributed by atoms with van der Waals surface area (Å²) < 4.78 is 16.8. The lowest BCUT2D eigenvalue weighted by molar-refractivity contribution is -0.167. The molecule has 0 fully saturated rings. The number of hydrogen-bond donors (Lipinski definition) is 0. The van der Waals surface area contributed by atoms with E-state index in [1.807, 2.05) is 0 Å². The molecule has 0 saturated heterocycles. The fourth-order valence-corrected chi connectivity index (χ4v) is 8.70. The first-order valence-electron chi connectivity index (χ1n) is 28.2. The van der Waals surface area contributed by atoms with Gasteiger partial charge >= 0.3 is 17.9 Å². The SMILES string of the molecule is CCCCCCCCCCCCCCCCCCCCCC(=O)OC[C@H](COC(=O)CCCCCCCCC(C)C)OC(=O)CCCCCCCCCCCCCCCCC(C)C. The van der Waals surface area contributed by atoms with Gasteiger partial charge in [-0.2, -0.15) is 0 Å². The van der Waals surface area contributed by atoms with E-state index in [0.717, 1.165) is 69.6 Å². The zero-order valence-electron chi connectivity index (χ0n) is 43.2. The van der Waals surface area contributed by atoms with E-state index < -0.39 is 6.10 Å². The normalized spacial score (nSPS) is 12.0. The second-order valence-electron chi connectivity index (χ2n) is 20.5. The Bertz CT molecular complexity index is 962. The minimum Gasteiger partial charge on any atom is -0.462 e. The van der Waals surface area contributed by atoms with Crippen molar-refractivity contribution in [3.8, 4) is 0 Å². The molecular weight excluding hydrogens is 781 g/mol. The molecule has 0 radical (unpaired) electrons. The molecule has 0 amide bonds. The molecular formula is C57H110O6. The molecule has 0 saturated carbocycles. The first kappa shape index (κ1) is 61.4. The molecule has 6 heteroatoms. The lowest BCUT2D eigenvalue weighted by atomic mass is 10.0. The van der Waals surface area contributed by atoms with Crippen LogP contribution < -0.4 is 0 Å². The van der Waals surface area contributed by atoms with Crippen LogP contribution in [0.2, 0.25) is 0 Å². The van der Waals surface area contributed by atoms with Gasteiger partial charge in [0.05, 0.1) is 0 Å². The molecule has 63 heavy (non-hydrogen) atoms. The summed E-state index contributed by atoms with van der Waals surface area (Å²) in [5, 5.41) is 0. The van der Waals surface area contributed by atoms with Crippen molar-refractivity contribution in [2.75, 3.05) is 13.2 Å². The van der Waals surface area contributed by atoms with Crippen molar-refractivity contribution in [2.45, 2.75) is 323 Å². The molecule has 0 aromatic heterocycles. The van der Waals surface area contributed by atoms with Crippen LogP contribution in [0.4, 0.5) is 0 Å². The van der Waals surface area contributed by atoms with Crippen molar-refractivity contribution in [3.05, 3.63) is 0 Å². The molecule has 0 bridgehead atoms. The zero-order valence-corrected chi connectivity index (χ0v) is 43.2. The van der Waals surface area contributed by atoms with Gasteiger partial charge in [-0.05, 0) is 31.1 Å². The first-order valence-corrected chi connectivity index (χ1v) is 28.2. The van der Waals surface area contributed by atoms with E-state index in [-0.39, 0.29) is 31.1 Å². The molecule has 6 nitrogen and oxygen atoms in total. The van der Waals surface area contributed by atoms with Crippen molar-refractivity contribution in [1.82, 2.24) is 0 Å². The number of carbonyl (C=O) groups excluding carboxylic acids is 3. The van der Waals surface area contributed by atoms with Gasteiger partial charge in [-0.15, -0.1) is 0 Å². The predicted octanol–water partition coefficient (Wildman–Crippen LogP) is 18.5. The van der Waals surface area contributed by atoms with Crippen LogP contribution in [0, 0.1) is 11.8 Å². The molecule has 0 rings (SSSR count). The van der Waals surface area contributed by atoms with E-state index in [0.29, 0.717) is 19.3 Å².